The molecule has 4 nitrogen and oxygen atoms in total. The van der Waals surface area contributed by atoms with Gasteiger partial charge in [-0.15, -0.1) is 0 Å². The minimum atomic E-state index is -0.923. The Kier molecular flexibility index (Phi) is 3.28. The van der Waals surface area contributed by atoms with Gasteiger partial charge < -0.3 is 9.84 Å². The van der Waals surface area contributed by atoms with Crippen molar-refractivity contribution < 1.29 is 19.4 Å². The van der Waals surface area contributed by atoms with E-state index in [-0.39, 0.29) is 12.3 Å². The molecule has 0 aromatic carbocycles. The summed E-state index contributed by atoms with van der Waals surface area (Å²) in [7, 11) is 1.26. The number of hydrogen-bond acceptors (Lipinski definition) is 3. The average Bonchev–Trinajstić information content (AvgIpc) is 2.08. The number of aliphatic carboxylic acids is 1. The van der Waals surface area contributed by atoms with E-state index < -0.39 is 17.9 Å². The van der Waals surface area contributed by atoms with Crippen molar-refractivity contribution in [2.75, 3.05) is 7.11 Å². The molecule has 1 atom stereocenters. The lowest BCUT2D eigenvalue weighted by molar-refractivity contribution is -0.152. The fraction of sp³-hybridized carbons (Fsp3) is 0.600. The van der Waals surface area contributed by atoms with E-state index in [0.29, 0.717) is 12.8 Å². The number of carbonyl (C=O) groups is 2. The largest absolute Gasteiger partial charge is 0.481 e. The SMILES string of the molecule is C=C1CC(C(CC(=O)OC)C(=O)O)C1. The molecular formula is C10H14O4. The van der Waals surface area contributed by atoms with Crippen LogP contribution >= 0.6 is 0 Å². The Morgan fingerprint density at radius 2 is 2.21 bits per heavy atom. The molecule has 78 valence electrons. The number of carbonyl (C=O) groups excluding carboxylic acids is 1. The number of hydrogen-bond donors (Lipinski definition) is 1. The lowest BCUT2D eigenvalue weighted by Gasteiger charge is -2.32. The maximum atomic E-state index is 10.9. The van der Waals surface area contributed by atoms with Crippen LogP contribution in [0.3, 0.4) is 0 Å². The summed E-state index contributed by atoms with van der Waals surface area (Å²) in [6.45, 7) is 3.74. The maximum absolute atomic E-state index is 10.9. The van der Waals surface area contributed by atoms with E-state index in [1.54, 1.807) is 0 Å². The molecule has 1 saturated carbocycles. The van der Waals surface area contributed by atoms with Gasteiger partial charge in [0.05, 0.1) is 19.4 Å². The fourth-order valence-corrected chi connectivity index (χ4v) is 1.68. The average molecular weight is 198 g/mol. The topological polar surface area (TPSA) is 63.6 Å². The van der Waals surface area contributed by atoms with Crippen LogP contribution in [0, 0.1) is 11.8 Å². The Balaban J connectivity index is 2.52. The van der Waals surface area contributed by atoms with Crippen molar-refractivity contribution in [1.82, 2.24) is 0 Å². The van der Waals surface area contributed by atoms with Crippen LogP contribution in [-0.2, 0) is 14.3 Å². The van der Waals surface area contributed by atoms with Crippen LogP contribution in [0.25, 0.3) is 0 Å². The molecule has 0 heterocycles. The van der Waals surface area contributed by atoms with Gasteiger partial charge >= 0.3 is 11.9 Å². The molecule has 0 radical (unpaired) electrons. The van der Waals surface area contributed by atoms with Crippen LogP contribution in [-0.4, -0.2) is 24.2 Å². The van der Waals surface area contributed by atoms with Crippen molar-refractivity contribution in [3.63, 3.8) is 0 Å². The summed E-state index contributed by atoms with van der Waals surface area (Å²) in [5.74, 6) is -1.95. The smallest absolute Gasteiger partial charge is 0.307 e. The molecule has 0 aliphatic heterocycles. The van der Waals surface area contributed by atoms with Crippen LogP contribution in [0.4, 0.5) is 0 Å². The quantitative estimate of drug-likeness (QED) is 0.545. The van der Waals surface area contributed by atoms with E-state index >= 15 is 0 Å². The van der Waals surface area contributed by atoms with E-state index in [1.165, 1.54) is 7.11 Å². The maximum Gasteiger partial charge on any atom is 0.307 e. The molecule has 0 saturated heterocycles. The first-order valence-corrected chi connectivity index (χ1v) is 4.51. The molecule has 1 unspecified atom stereocenters. The van der Waals surface area contributed by atoms with E-state index in [2.05, 4.69) is 11.3 Å². The molecule has 0 bridgehead atoms. The highest BCUT2D eigenvalue weighted by molar-refractivity contribution is 5.79. The summed E-state index contributed by atoms with van der Waals surface area (Å²) >= 11 is 0. The molecule has 4 heteroatoms. The lowest BCUT2D eigenvalue weighted by Crippen LogP contribution is -2.32. The number of allylic oxidation sites excluding steroid dienone is 1. The Morgan fingerprint density at radius 3 is 2.57 bits per heavy atom. The van der Waals surface area contributed by atoms with Crippen LogP contribution in [0.1, 0.15) is 19.3 Å². The Hall–Kier alpha value is -1.32. The zero-order valence-electron chi connectivity index (χ0n) is 8.16. The predicted molar refractivity (Wildman–Crippen MR) is 49.6 cm³/mol. The van der Waals surface area contributed by atoms with Gasteiger partial charge in [0, 0.05) is 0 Å². The highest BCUT2D eigenvalue weighted by atomic mass is 16.5. The van der Waals surface area contributed by atoms with E-state index in [1.807, 2.05) is 0 Å². The van der Waals surface area contributed by atoms with Gasteiger partial charge in [0.1, 0.15) is 0 Å². The standard InChI is InChI=1S/C10H14O4/c1-6-3-7(4-6)8(10(12)13)5-9(11)14-2/h7-8H,1,3-5H2,2H3,(H,12,13). The summed E-state index contributed by atoms with van der Waals surface area (Å²) < 4.78 is 4.45. The number of carboxylic acids is 1. The Labute approximate surface area is 82.6 Å². The molecule has 1 N–H and O–H groups in total. The first kappa shape index (κ1) is 10.8. The summed E-state index contributed by atoms with van der Waals surface area (Å²) in [5, 5.41) is 8.90. The van der Waals surface area contributed by atoms with Crippen LogP contribution in [0.15, 0.2) is 12.2 Å². The molecule has 14 heavy (non-hydrogen) atoms. The van der Waals surface area contributed by atoms with Crippen LogP contribution in [0.2, 0.25) is 0 Å². The fourth-order valence-electron chi connectivity index (χ4n) is 1.68. The summed E-state index contributed by atoms with van der Waals surface area (Å²) in [6, 6.07) is 0. The van der Waals surface area contributed by atoms with Gasteiger partial charge in [-0.25, -0.2) is 0 Å². The molecule has 0 spiro atoms. The number of methoxy groups -OCH3 is 1. The first-order valence-electron chi connectivity index (χ1n) is 4.51. The minimum absolute atomic E-state index is 0.0379. The van der Waals surface area contributed by atoms with Gasteiger partial charge in [-0.2, -0.15) is 0 Å². The van der Waals surface area contributed by atoms with Gasteiger partial charge in [0.2, 0.25) is 0 Å². The second-order valence-corrected chi connectivity index (χ2v) is 3.64. The molecule has 1 rings (SSSR count). The lowest BCUT2D eigenvalue weighted by atomic mass is 9.72. The molecule has 0 amide bonds. The molecule has 1 aliphatic carbocycles. The predicted octanol–water partition coefficient (Wildman–Crippen LogP) is 1.22. The van der Waals surface area contributed by atoms with Gasteiger partial charge in [-0.1, -0.05) is 12.2 Å². The van der Waals surface area contributed by atoms with Crippen molar-refractivity contribution in [3.05, 3.63) is 12.2 Å². The monoisotopic (exact) mass is 198 g/mol. The third-order valence-electron chi connectivity index (χ3n) is 2.60. The second-order valence-electron chi connectivity index (χ2n) is 3.64. The van der Waals surface area contributed by atoms with E-state index in [0.717, 1.165) is 5.57 Å². The summed E-state index contributed by atoms with van der Waals surface area (Å²) in [4.78, 5) is 21.8. The van der Waals surface area contributed by atoms with Crippen LogP contribution in [0.5, 0.6) is 0 Å². The van der Waals surface area contributed by atoms with Gasteiger partial charge in [0.15, 0.2) is 0 Å². The van der Waals surface area contributed by atoms with Gasteiger partial charge in [-0.05, 0) is 18.8 Å². The first-order chi connectivity index (χ1) is 6.54. The zero-order chi connectivity index (χ0) is 10.7. The van der Waals surface area contributed by atoms with Crippen molar-refractivity contribution in [2.24, 2.45) is 11.8 Å². The zero-order valence-corrected chi connectivity index (χ0v) is 8.16. The van der Waals surface area contributed by atoms with Crippen LogP contribution < -0.4 is 0 Å². The third kappa shape index (κ3) is 2.34. The molecule has 1 fully saturated rings. The highest BCUT2D eigenvalue weighted by Gasteiger charge is 2.36. The number of rotatable bonds is 4. The van der Waals surface area contributed by atoms with Gasteiger partial charge in [0.25, 0.3) is 0 Å². The number of carboxylic acid groups (broad SMARTS) is 1. The summed E-state index contributed by atoms with van der Waals surface area (Å²) in [6.07, 6.45) is 1.39. The number of ether oxygens (including phenoxy) is 1. The molecule has 1 aliphatic rings. The number of esters is 1. The van der Waals surface area contributed by atoms with Gasteiger partial charge in [-0.3, -0.25) is 9.59 Å². The van der Waals surface area contributed by atoms with Crippen molar-refractivity contribution >= 4 is 11.9 Å². The normalized spacial score (nSPS) is 18.5. The van der Waals surface area contributed by atoms with Crippen molar-refractivity contribution in [2.45, 2.75) is 19.3 Å². The third-order valence-corrected chi connectivity index (χ3v) is 2.60. The second kappa shape index (κ2) is 4.26. The molecule has 0 aromatic heterocycles. The summed E-state index contributed by atoms with van der Waals surface area (Å²) in [5.41, 5.74) is 1.06. The Morgan fingerprint density at radius 1 is 1.64 bits per heavy atom. The van der Waals surface area contributed by atoms with E-state index in [4.69, 9.17) is 5.11 Å². The molecule has 0 aromatic rings. The Bertz CT molecular complexity index is 261. The van der Waals surface area contributed by atoms with Crippen molar-refractivity contribution in [1.29, 1.82) is 0 Å². The highest BCUT2D eigenvalue weighted by Crippen LogP contribution is 2.38. The van der Waals surface area contributed by atoms with E-state index in [9.17, 15) is 9.59 Å². The molecular weight excluding hydrogens is 184 g/mol. The minimum Gasteiger partial charge on any atom is -0.481 e. The van der Waals surface area contributed by atoms with Crippen molar-refractivity contribution in [3.8, 4) is 0 Å².